The molecule has 6 rings (SSSR count). The number of aliphatic carboxylic acids is 1. The maximum atomic E-state index is 12.6. The Morgan fingerprint density at radius 1 is 1.26 bits per heavy atom. The highest BCUT2D eigenvalue weighted by Crippen LogP contribution is 2.61. The van der Waals surface area contributed by atoms with Gasteiger partial charge in [0.1, 0.15) is 5.84 Å². The minimum atomic E-state index is -0.728. The van der Waals surface area contributed by atoms with Crippen molar-refractivity contribution in [3.05, 3.63) is 24.2 Å². The molecule has 4 saturated carbocycles. The van der Waals surface area contributed by atoms with Crippen LogP contribution in [-0.4, -0.2) is 70.4 Å². The zero-order valence-electron chi connectivity index (χ0n) is 19.7. The maximum absolute atomic E-state index is 12.6. The fourth-order valence-electron chi connectivity index (χ4n) is 7.25. The van der Waals surface area contributed by atoms with Crippen molar-refractivity contribution in [2.24, 2.45) is 33.9 Å². The second kappa shape index (κ2) is 8.42. The molecule has 4 bridgehead atoms. The van der Waals surface area contributed by atoms with Crippen molar-refractivity contribution < 1.29 is 19.1 Å². The number of carboxylic acid groups (broad SMARTS) is 1. The molecule has 1 saturated heterocycles. The molecule has 182 valence electrons. The summed E-state index contributed by atoms with van der Waals surface area (Å²) < 4.78 is 5.25. The van der Waals surface area contributed by atoms with Gasteiger partial charge in [-0.2, -0.15) is 5.26 Å². The summed E-state index contributed by atoms with van der Waals surface area (Å²) in [5.41, 5.74) is 5.35. The summed E-state index contributed by atoms with van der Waals surface area (Å²) in [6.07, 6.45) is 5.91. The first-order valence-electron chi connectivity index (χ1n) is 12.3. The Hall–Kier alpha value is -2.86. The van der Waals surface area contributed by atoms with E-state index in [0.717, 1.165) is 19.3 Å². The van der Waals surface area contributed by atoms with E-state index in [1.54, 1.807) is 17.0 Å². The Kier molecular flexibility index (Phi) is 5.67. The molecule has 4 aliphatic carbocycles. The highest BCUT2D eigenvalue weighted by Gasteiger charge is 2.59. The Balaban J connectivity index is 1.31. The van der Waals surface area contributed by atoms with Crippen molar-refractivity contribution in [2.45, 2.75) is 57.0 Å². The lowest BCUT2D eigenvalue weighted by Crippen LogP contribution is -2.62. The van der Waals surface area contributed by atoms with Crippen LogP contribution in [0.2, 0.25) is 0 Å². The van der Waals surface area contributed by atoms with E-state index in [2.05, 4.69) is 11.0 Å². The Labute approximate surface area is 199 Å². The average Bonchev–Trinajstić information content (AvgIpc) is 3.35. The molecule has 2 heterocycles. The summed E-state index contributed by atoms with van der Waals surface area (Å²) >= 11 is 0. The number of hydrogen-bond donors (Lipinski definition) is 2. The number of furan rings is 1. The summed E-state index contributed by atoms with van der Waals surface area (Å²) in [6, 6.07) is 5.69. The normalized spacial score (nSPS) is 35.1. The fraction of sp³-hybridized carbons (Fsp3) is 0.680. The highest BCUT2D eigenvalue weighted by molar-refractivity contribution is 5.92. The van der Waals surface area contributed by atoms with Crippen LogP contribution in [-0.2, 0) is 4.79 Å². The number of aliphatic imine (C=N–C) groups is 1. The Morgan fingerprint density at radius 3 is 2.50 bits per heavy atom. The third-order valence-electron chi connectivity index (χ3n) is 8.94. The SMILES string of the molecule is CC(CC#N)(C(N)=NC1C2CC3CC1CC(C(=O)O)(C3)C2)N1CCN(C(=O)c2ccco2)CC1. The summed E-state index contributed by atoms with van der Waals surface area (Å²) in [7, 11) is 0. The number of rotatable bonds is 6. The van der Waals surface area contributed by atoms with E-state index in [0.29, 0.717) is 56.5 Å². The number of carbonyl (C=O) groups excluding carboxylic acids is 1. The van der Waals surface area contributed by atoms with Crippen LogP contribution in [0.4, 0.5) is 0 Å². The van der Waals surface area contributed by atoms with Gasteiger partial charge in [-0.05, 0) is 68.9 Å². The van der Waals surface area contributed by atoms with Crippen LogP contribution in [0, 0.1) is 34.5 Å². The Bertz CT molecular complexity index is 1010. The monoisotopic (exact) mass is 467 g/mol. The van der Waals surface area contributed by atoms with Crippen LogP contribution in [0.15, 0.2) is 27.8 Å². The lowest BCUT2D eigenvalue weighted by Gasteiger charge is -2.57. The van der Waals surface area contributed by atoms with Gasteiger partial charge in [-0.15, -0.1) is 0 Å². The molecule has 34 heavy (non-hydrogen) atoms. The minimum absolute atomic E-state index is 0.0314. The molecule has 0 radical (unpaired) electrons. The van der Waals surface area contributed by atoms with Crippen LogP contribution >= 0.6 is 0 Å². The van der Waals surface area contributed by atoms with Gasteiger partial charge >= 0.3 is 5.97 Å². The maximum Gasteiger partial charge on any atom is 0.309 e. The van der Waals surface area contributed by atoms with Gasteiger partial charge in [-0.25, -0.2) is 0 Å². The molecule has 0 aromatic carbocycles. The number of carboxylic acids is 1. The number of piperazine rings is 1. The van der Waals surface area contributed by atoms with E-state index in [1.807, 2.05) is 6.92 Å². The predicted octanol–water partition coefficient (Wildman–Crippen LogP) is 2.35. The fourth-order valence-corrected chi connectivity index (χ4v) is 7.25. The molecule has 1 amide bonds. The lowest BCUT2D eigenvalue weighted by atomic mass is 9.48. The number of nitriles is 1. The lowest BCUT2D eigenvalue weighted by molar-refractivity contribution is -0.166. The van der Waals surface area contributed by atoms with Crippen molar-refractivity contribution in [3.8, 4) is 6.07 Å². The minimum Gasteiger partial charge on any atom is -0.481 e. The molecule has 5 fully saturated rings. The molecule has 9 nitrogen and oxygen atoms in total. The molecular formula is C25H33N5O4. The van der Waals surface area contributed by atoms with Crippen molar-refractivity contribution in [3.63, 3.8) is 0 Å². The van der Waals surface area contributed by atoms with E-state index in [4.69, 9.17) is 15.1 Å². The summed E-state index contributed by atoms with van der Waals surface area (Å²) in [4.78, 5) is 33.6. The van der Waals surface area contributed by atoms with Gasteiger partial charge in [0.2, 0.25) is 0 Å². The molecule has 1 aromatic heterocycles. The van der Waals surface area contributed by atoms with Gasteiger partial charge in [0.05, 0.1) is 35.7 Å². The molecule has 0 spiro atoms. The molecule has 3 N–H and O–H groups in total. The molecule has 1 aliphatic heterocycles. The summed E-state index contributed by atoms with van der Waals surface area (Å²) in [5, 5.41) is 19.5. The number of amides is 1. The first-order chi connectivity index (χ1) is 16.3. The van der Waals surface area contributed by atoms with Crippen LogP contribution in [0.5, 0.6) is 0 Å². The second-order valence-electron chi connectivity index (χ2n) is 10.9. The van der Waals surface area contributed by atoms with E-state index in [-0.39, 0.29) is 30.2 Å². The second-order valence-corrected chi connectivity index (χ2v) is 10.9. The van der Waals surface area contributed by atoms with Gasteiger partial charge in [-0.3, -0.25) is 19.5 Å². The number of amidine groups is 1. The van der Waals surface area contributed by atoms with E-state index in [9.17, 15) is 20.0 Å². The van der Waals surface area contributed by atoms with Gasteiger partial charge < -0.3 is 20.2 Å². The van der Waals surface area contributed by atoms with Crippen molar-refractivity contribution >= 4 is 17.7 Å². The third kappa shape index (κ3) is 3.68. The van der Waals surface area contributed by atoms with Crippen molar-refractivity contribution in [1.29, 1.82) is 5.26 Å². The Morgan fingerprint density at radius 2 is 1.94 bits per heavy atom. The predicted molar refractivity (Wildman–Crippen MR) is 124 cm³/mol. The zero-order valence-corrected chi connectivity index (χ0v) is 19.7. The van der Waals surface area contributed by atoms with E-state index < -0.39 is 16.9 Å². The van der Waals surface area contributed by atoms with Crippen molar-refractivity contribution in [1.82, 2.24) is 9.80 Å². The van der Waals surface area contributed by atoms with Gasteiger partial charge in [-0.1, -0.05) is 0 Å². The quantitative estimate of drug-likeness (QED) is 0.484. The molecule has 1 aromatic rings. The first kappa shape index (κ1) is 22.9. The van der Waals surface area contributed by atoms with Gasteiger partial charge in [0.15, 0.2) is 5.76 Å². The standard InChI is InChI=1S/C25H33N5O4/c1-24(4-5-26,30-8-6-29(7-9-30)21(31)19-3-2-10-34-19)22(27)28-20-17-11-16-12-18(20)15-25(13-16,14-17)23(32)33/h2-3,10,16-18,20H,4,6-9,11-15H2,1H3,(H2,27,28)(H,32,33). The summed E-state index contributed by atoms with van der Waals surface area (Å²) in [5.74, 6) is 0.974. The number of nitrogens with two attached hydrogens (primary N) is 1. The largest absolute Gasteiger partial charge is 0.481 e. The number of carbonyl (C=O) groups is 2. The summed E-state index contributed by atoms with van der Waals surface area (Å²) in [6.45, 7) is 4.18. The molecule has 3 unspecified atom stereocenters. The van der Waals surface area contributed by atoms with Gasteiger partial charge in [0.25, 0.3) is 5.91 Å². The van der Waals surface area contributed by atoms with Crippen LogP contribution in [0.3, 0.4) is 0 Å². The molecule has 5 aliphatic rings. The number of hydrogen-bond acceptors (Lipinski definition) is 6. The molecular weight excluding hydrogens is 434 g/mol. The van der Waals surface area contributed by atoms with Gasteiger partial charge in [0, 0.05) is 26.2 Å². The molecule has 9 heteroatoms. The topological polar surface area (TPSA) is 136 Å². The van der Waals surface area contributed by atoms with Crippen LogP contribution < -0.4 is 5.73 Å². The number of nitrogens with zero attached hydrogens (tertiary/aromatic N) is 4. The third-order valence-corrected chi connectivity index (χ3v) is 8.94. The zero-order chi connectivity index (χ0) is 24.1. The average molecular weight is 468 g/mol. The highest BCUT2D eigenvalue weighted by atomic mass is 16.4. The van der Waals surface area contributed by atoms with E-state index in [1.165, 1.54) is 6.26 Å². The van der Waals surface area contributed by atoms with Crippen LogP contribution in [0.1, 0.15) is 56.0 Å². The smallest absolute Gasteiger partial charge is 0.309 e. The van der Waals surface area contributed by atoms with Crippen molar-refractivity contribution in [2.75, 3.05) is 26.2 Å². The van der Waals surface area contributed by atoms with E-state index >= 15 is 0 Å². The first-order valence-corrected chi connectivity index (χ1v) is 12.3. The molecule has 3 atom stereocenters. The van der Waals surface area contributed by atoms with Crippen LogP contribution in [0.25, 0.3) is 0 Å².